The Labute approximate surface area is 118 Å². The number of benzene rings is 1. The van der Waals surface area contributed by atoms with Crippen molar-refractivity contribution < 1.29 is 13.9 Å². The third-order valence-electron chi connectivity index (χ3n) is 3.06. The smallest absolute Gasteiger partial charge is 0.241 e. The number of halogens is 2. The lowest BCUT2D eigenvalue weighted by Gasteiger charge is -2.22. The number of carbonyl (C=O) groups is 1. The Kier molecular flexibility index (Phi) is 6.05. The molecule has 1 aromatic carbocycles. The molecule has 2 N–H and O–H groups in total. The number of piperidine rings is 1. The van der Waals surface area contributed by atoms with Gasteiger partial charge in [0.15, 0.2) is 0 Å². The van der Waals surface area contributed by atoms with Crippen LogP contribution in [0.4, 0.5) is 10.1 Å². The molecule has 19 heavy (non-hydrogen) atoms. The second-order valence-electron chi connectivity index (χ2n) is 4.34. The first-order valence-electron chi connectivity index (χ1n) is 6.08. The van der Waals surface area contributed by atoms with Gasteiger partial charge in [0, 0.05) is 6.07 Å². The third-order valence-corrected chi connectivity index (χ3v) is 3.06. The van der Waals surface area contributed by atoms with Gasteiger partial charge in [0.25, 0.3) is 0 Å². The minimum Gasteiger partial charge on any atom is -0.497 e. The van der Waals surface area contributed by atoms with Gasteiger partial charge in [-0.15, -0.1) is 12.4 Å². The van der Waals surface area contributed by atoms with E-state index in [9.17, 15) is 9.18 Å². The number of ether oxygens (including phenoxy) is 1. The van der Waals surface area contributed by atoms with Gasteiger partial charge in [-0.05, 0) is 31.5 Å². The van der Waals surface area contributed by atoms with Crippen LogP contribution in [-0.2, 0) is 4.79 Å². The van der Waals surface area contributed by atoms with Crippen molar-refractivity contribution >= 4 is 24.0 Å². The predicted molar refractivity (Wildman–Crippen MR) is 74.5 cm³/mol. The van der Waals surface area contributed by atoms with E-state index >= 15 is 0 Å². The Morgan fingerprint density at radius 3 is 2.89 bits per heavy atom. The summed E-state index contributed by atoms with van der Waals surface area (Å²) in [6.45, 7) is 0.832. The zero-order chi connectivity index (χ0) is 13.0. The highest BCUT2D eigenvalue weighted by molar-refractivity contribution is 5.95. The molecule has 1 aliphatic heterocycles. The Bertz CT molecular complexity index is 437. The molecular formula is C13H18ClFN2O2. The van der Waals surface area contributed by atoms with Crippen LogP contribution < -0.4 is 15.4 Å². The maximum absolute atomic E-state index is 13.5. The highest BCUT2D eigenvalue weighted by Gasteiger charge is 2.21. The van der Waals surface area contributed by atoms with Crippen LogP contribution in [0.5, 0.6) is 5.75 Å². The molecule has 0 aliphatic carbocycles. The zero-order valence-electron chi connectivity index (χ0n) is 10.7. The lowest BCUT2D eigenvalue weighted by atomic mass is 10.0. The summed E-state index contributed by atoms with van der Waals surface area (Å²) in [5.74, 6) is -0.134. The third kappa shape index (κ3) is 4.08. The van der Waals surface area contributed by atoms with Gasteiger partial charge in [0.2, 0.25) is 5.91 Å². The SMILES string of the molecule is COc1ccc(F)c(NC(=O)[C@@H]2CCCCN2)c1.Cl. The minimum absolute atomic E-state index is 0. The zero-order valence-corrected chi connectivity index (χ0v) is 11.6. The summed E-state index contributed by atoms with van der Waals surface area (Å²) >= 11 is 0. The maximum Gasteiger partial charge on any atom is 0.241 e. The van der Waals surface area contributed by atoms with Crippen LogP contribution in [0.3, 0.4) is 0 Å². The number of anilines is 1. The van der Waals surface area contributed by atoms with Gasteiger partial charge in [0.1, 0.15) is 11.6 Å². The molecule has 0 unspecified atom stereocenters. The summed E-state index contributed by atoms with van der Waals surface area (Å²) in [6, 6.07) is 4.05. The fourth-order valence-corrected chi connectivity index (χ4v) is 2.02. The Hall–Kier alpha value is -1.33. The number of nitrogens with one attached hydrogen (secondary N) is 2. The van der Waals surface area contributed by atoms with E-state index in [1.807, 2.05) is 0 Å². The van der Waals surface area contributed by atoms with Crippen LogP contribution in [-0.4, -0.2) is 25.6 Å². The summed E-state index contributed by atoms with van der Waals surface area (Å²) in [6.07, 6.45) is 2.89. The Morgan fingerprint density at radius 2 is 2.26 bits per heavy atom. The number of carbonyl (C=O) groups excluding carboxylic acids is 1. The van der Waals surface area contributed by atoms with E-state index in [1.54, 1.807) is 0 Å². The van der Waals surface area contributed by atoms with Gasteiger partial charge < -0.3 is 15.4 Å². The van der Waals surface area contributed by atoms with Crippen LogP contribution in [0.25, 0.3) is 0 Å². The van der Waals surface area contributed by atoms with Gasteiger partial charge >= 0.3 is 0 Å². The average Bonchev–Trinajstić information content (AvgIpc) is 2.42. The van der Waals surface area contributed by atoms with E-state index in [0.717, 1.165) is 25.8 Å². The molecule has 0 bridgehead atoms. The molecular weight excluding hydrogens is 271 g/mol. The molecule has 1 heterocycles. The largest absolute Gasteiger partial charge is 0.497 e. The fraction of sp³-hybridized carbons (Fsp3) is 0.462. The van der Waals surface area contributed by atoms with E-state index in [-0.39, 0.29) is 30.0 Å². The molecule has 6 heteroatoms. The standard InChI is InChI=1S/C13H17FN2O2.ClH/c1-18-9-5-6-10(14)12(8-9)16-13(17)11-4-2-3-7-15-11;/h5-6,8,11,15H,2-4,7H2,1H3,(H,16,17);1H/t11-;/m0./s1. The number of amides is 1. The summed E-state index contributed by atoms with van der Waals surface area (Å²) < 4.78 is 18.5. The molecule has 1 fully saturated rings. The highest BCUT2D eigenvalue weighted by atomic mass is 35.5. The maximum atomic E-state index is 13.5. The van der Waals surface area contributed by atoms with Crippen molar-refractivity contribution in [2.24, 2.45) is 0 Å². The molecule has 4 nitrogen and oxygen atoms in total. The molecule has 1 aliphatic rings. The van der Waals surface area contributed by atoms with Gasteiger partial charge in [-0.3, -0.25) is 4.79 Å². The van der Waals surface area contributed by atoms with E-state index in [1.165, 1.54) is 25.3 Å². The lowest BCUT2D eigenvalue weighted by Crippen LogP contribution is -2.43. The highest BCUT2D eigenvalue weighted by Crippen LogP contribution is 2.21. The van der Waals surface area contributed by atoms with Crippen LogP contribution in [0.2, 0.25) is 0 Å². The van der Waals surface area contributed by atoms with Crippen molar-refractivity contribution in [3.8, 4) is 5.75 Å². The van der Waals surface area contributed by atoms with Gasteiger partial charge in [-0.1, -0.05) is 6.42 Å². The monoisotopic (exact) mass is 288 g/mol. The molecule has 0 saturated carbocycles. The van der Waals surface area contributed by atoms with Gasteiger partial charge in [-0.2, -0.15) is 0 Å². The van der Waals surface area contributed by atoms with Crippen molar-refractivity contribution in [2.45, 2.75) is 25.3 Å². The van der Waals surface area contributed by atoms with E-state index in [2.05, 4.69) is 10.6 Å². The fourth-order valence-electron chi connectivity index (χ4n) is 2.02. The predicted octanol–water partition coefficient (Wildman–Crippen LogP) is 2.34. The molecule has 0 spiro atoms. The second-order valence-corrected chi connectivity index (χ2v) is 4.34. The van der Waals surface area contributed by atoms with E-state index < -0.39 is 5.82 Å². The van der Waals surface area contributed by atoms with Crippen molar-refractivity contribution in [1.82, 2.24) is 5.32 Å². The Balaban J connectivity index is 0.00000180. The first-order valence-corrected chi connectivity index (χ1v) is 6.08. The molecule has 1 saturated heterocycles. The first-order chi connectivity index (χ1) is 8.70. The van der Waals surface area contributed by atoms with Crippen molar-refractivity contribution in [3.05, 3.63) is 24.0 Å². The van der Waals surface area contributed by atoms with E-state index in [0.29, 0.717) is 5.75 Å². The van der Waals surface area contributed by atoms with Gasteiger partial charge in [-0.25, -0.2) is 4.39 Å². The molecule has 0 radical (unpaired) electrons. The quantitative estimate of drug-likeness (QED) is 0.897. The second kappa shape index (κ2) is 7.31. The normalized spacial score (nSPS) is 18.3. The van der Waals surface area contributed by atoms with Crippen molar-refractivity contribution in [2.75, 3.05) is 19.0 Å². The summed E-state index contributed by atoms with van der Waals surface area (Å²) in [4.78, 5) is 11.9. The molecule has 1 amide bonds. The number of hydrogen-bond donors (Lipinski definition) is 2. The number of rotatable bonds is 3. The lowest BCUT2D eigenvalue weighted by molar-refractivity contribution is -0.118. The van der Waals surface area contributed by atoms with Gasteiger partial charge in [0.05, 0.1) is 18.8 Å². The minimum atomic E-state index is -0.458. The number of methoxy groups -OCH3 is 1. The topological polar surface area (TPSA) is 50.4 Å². The van der Waals surface area contributed by atoms with Crippen LogP contribution in [0, 0.1) is 5.82 Å². The van der Waals surface area contributed by atoms with Crippen LogP contribution in [0.15, 0.2) is 18.2 Å². The molecule has 1 aromatic rings. The Morgan fingerprint density at radius 1 is 1.47 bits per heavy atom. The molecule has 106 valence electrons. The first kappa shape index (κ1) is 15.7. The summed E-state index contributed by atoms with van der Waals surface area (Å²) in [5, 5.41) is 5.72. The summed E-state index contributed by atoms with van der Waals surface area (Å²) in [7, 11) is 1.50. The van der Waals surface area contributed by atoms with E-state index in [4.69, 9.17) is 4.74 Å². The molecule has 2 rings (SSSR count). The van der Waals surface area contributed by atoms with Crippen LogP contribution in [0.1, 0.15) is 19.3 Å². The number of hydrogen-bond acceptors (Lipinski definition) is 3. The molecule has 0 aromatic heterocycles. The van der Waals surface area contributed by atoms with Crippen molar-refractivity contribution in [3.63, 3.8) is 0 Å². The molecule has 1 atom stereocenters. The average molecular weight is 289 g/mol. The van der Waals surface area contributed by atoms with Crippen LogP contribution >= 0.6 is 12.4 Å². The summed E-state index contributed by atoms with van der Waals surface area (Å²) in [5.41, 5.74) is 0.159. The van der Waals surface area contributed by atoms with Crippen molar-refractivity contribution in [1.29, 1.82) is 0 Å².